The van der Waals surface area contributed by atoms with Gasteiger partial charge in [-0.3, -0.25) is 0 Å². The summed E-state index contributed by atoms with van der Waals surface area (Å²) in [7, 11) is 0. The summed E-state index contributed by atoms with van der Waals surface area (Å²) in [6.07, 6.45) is 0. The molecule has 10 nitrogen and oxygen atoms in total. The van der Waals surface area contributed by atoms with Gasteiger partial charge in [-0.15, -0.1) is 0 Å². The fraction of sp³-hybridized carbons (Fsp3) is 0.538. The number of nitrogens with zero attached hydrogens (tertiary/aromatic N) is 6. The van der Waals surface area contributed by atoms with Crippen LogP contribution in [0.3, 0.4) is 0 Å². The van der Waals surface area contributed by atoms with Crippen molar-refractivity contribution >= 4 is 83.5 Å². The van der Waals surface area contributed by atoms with E-state index in [1.165, 1.54) is 23.5 Å². The first-order chi connectivity index (χ1) is 13.5. The van der Waals surface area contributed by atoms with Crippen molar-refractivity contribution in [3.05, 3.63) is 0 Å². The van der Waals surface area contributed by atoms with Crippen molar-refractivity contribution in [2.24, 2.45) is 0 Å². The Morgan fingerprint density at radius 1 is 0.679 bits per heavy atom. The van der Waals surface area contributed by atoms with Gasteiger partial charge < -0.3 is 22.9 Å². The van der Waals surface area contributed by atoms with Gasteiger partial charge in [0.25, 0.3) is 0 Å². The minimum Gasteiger partial charge on any atom is -0.368 e. The lowest BCUT2D eigenvalue weighted by Gasteiger charge is -2.15. The zero-order valence-corrected chi connectivity index (χ0v) is 19.1. The maximum Gasteiger partial charge on any atom is 0.225 e. The second-order valence-corrected chi connectivity index (χ2v) is 10.2. The van der Waals surface area contributed by atoms with E-state index in [-0.39, 0.29) is 23.8 Å². The van der Waals surface area contributed by atoms with Crippen LogP contribution in [0.2, 0.25) is 0 Å². The van der Waals surface area contributed by atoms with Crippen LogP contribution in [0.25, 0.3) is 0 Å². The summed E-state index contributed by atoms with van der Waals surface area (Å²) < 4.78 is 0. The van der Waals surface area contributed by atoms with E-state index >= 15 is 0 Å². The minimum atomic E-state index is 0.135. The molecule has 0 aliphatic heterocycles. The molecule has 2 aromatic heterocycles. The van der Waals surface area contributed by atoms with Crippen LogP contribution in [0, 0.1) is 0 Å². The Balaban J connectivity index is 1.82. The van der Waals surface area contributed by atoms with Crippen molar-refractivity contribution < 1.29 is 0 Å². The summed E-state index contributed by atoms with van der Waals surface area (Å²) in [5.74, 6) is 6.00. The summed E-state index contributed by atoms with van der Waals surface area (Å²) in [5, 5.41) is 1.49. The normalized spacial score (nSPS) is 12.2. The van der Waals surface area contributed by atoms with Crippen LogP contribution in [0.5, 0.6) is 0 Å². The largest absolute Gasteiger partial charge is 0.368 e. The zero-order valence-electron chi connectivity index (χ0n) is 14.9. The molecule has 1 unspecified atom stereocenters. The smallest absolute Gasteiger partial charge is 0.225 e. The van der Waals surface area contributed by atoms with Crippen LogP contribution < -0.4 is 22.9 Å². The molecule has 0 radical (unpaired) electrons. The van der Waals surface area contributed by atoms with E-state index in [2.05, 4.69) is 42.5 Å². The molecular formula is C13H22N10S5. The van der Waals surface area contributed by atoms with E-state index in [1.807, 2.05) is 23.5 Å². The molecule has 15 heteroatoms. The molecular weight excluding hydrogens is 457 g/mol. The Kier molecular flexibility index (Phi) is 10.4. The van der Waals surface area contributed by atoms with Crippen LogP contribution in [-0.4, -0.2) is 69.7 Å². The number of nitrogen functional groups attached to an aromatic ring is 4. The number of hydrogen-bond donors (Lipinski definition) is 5. The maximum absolute atomic E-state index is 5.63. The van der Waals surface area contributed by atoms with Gasteiger partial charge in [-0.2, -0.15) is 66.1 Å². The van der Waals surface area contributed by atoms with Gasteiger partial charge in [0.05, 0.1) is 0 Å². The summed E-state index contributed by atoms with van der Waals surface area (Å²) in [6.45, 7) is 0. The van der Waals surface area contributed by atoms with Gasteiger partial charge >= 0.3 is 0 Å². The first-order valence-electron chi connectivity index (χ1n) is 8.06. The van der Waals surface area contributed by atoms with Gasteiger partial charge in [-0.25, -0.2) is 0 Å². The van der Waals surface area contributed by atoms with E-state index in [1.54, 1.807) is 0 Å². The predicted octanol–water partition coefficient (Wildman–Crippen LogP) is 1.03. The van der Waals surface area contributed by atoms with Crippen molar-refractivity contribution in [2.75, 3.05) is 57.5 Å². The monoisotopic (exact) mass is 478 g/mol. The average molecular weight is 479 g/mol. The number of hydrogen-bond acceptors (Lipinski definition) is 15. The lowest BCUT2D eigenvalue weighted by atomic mass is 10.5. The lowest BCUT2D eigenvalue weighted by Crippen LogP contribution is -2.13. The molecule has 0 spiro atoms. The maximum atomic E-state index is 5.63. The highest BCUT2D eigenvalue weighted by molar-refractivity contribution is 8.06. The summed E-state index contributed by atoms with van der Waals surface area (Å²) >= 11 is 11.0. The summed E-state index contributed by atoms with van der Waals surface area (Å²) in [6, 6.07) is 0. The third-order valence-electron chi connectivity index (χ3n) is 2.90. The molecule has 0 saturated heterocycles. The molecule has 0 aliphatic carbocycles. The molecule has 2 rings (SSSR count). The number of thiol groups is 1. The number of rotatable bonds is 12. The molecule has 0 aliphatic rings. The Morgan fingerprint density at radius 2 is 1.21 bits per heavy atom. The zero-order chi connectivity index (χ0) is 20.4. The molecule has 0 aromatic carbocycles. The van der Waals surface area contributed by atoms with Gasteiger partial charge in [0, 0.05) is 34.0 Å². The summed E-state index contributed by atoms with van der Waals surface area (Å²) in [5.41, 5.74) is 22.4. The minimum absolute atomic E-state index is 0.135. The first kappa shape index (κ1) is 23.3. The number of thioether (sulfide) groups is 4. The Bertz CT molecular complexity index is 711. The van der Waals surface area contributed by atoms with Crippen molar-refractivity contribution in [1.29, 1.82) is 0 Å². The SMILES string of the molecule is Nc1nc(N)nc(SCCSC(CSCCS)CSc2nc(N)nc(N)n2)n1. The molecule has 154 valence electrons. The lowest BCUT2D eigenvalue weighted by molar-refractivity contribution is 0.927. The molecule has 28 heavy (non-hydrogen) atoms. The fourth-order valence-corrected chi connectivity index (χ4v) is 6.64. The summed E-state index contributed by atoms with van der Waals surface area (Å²) in [4.78, 5) is 23.9. The molecule has 0 bridgehead atoms. The quantitative estimate of drug-likeness (QED) is 0.166. The molecule has 0 fully saturated rings. The van der Waals surface area contributed by atoms with Crippen LogP contribution in [0.4, 0.5) is 23.8 Å². The first-order valence-corrected chi connectivity index (χ1v) is 12.9. The molecule has 0 amide bonds. The Hall–Kier alpha value is -1.03. The van der Waals surface area contributed by atoms with Gasteiger partial charge in [0.1, 0.15) is 0 Å². The third-order valence-corrected chi connectivity index (χ3v) is 8.35. The predicted molar refractivity (Wildman–Crippen MR) is 126 cm³/mol. The standard InChI is InChI=1S/C13H22N10S5/c14-8-18-9(15)21-12(20-8)27-4-3-26-7(5-25-2-1-24)6-28-13-22-10(16)19-11(17)23-13/h7,24H,1-6H2,(H4,14,15,18,20,21)(H4,16,17,19,22,23). The second-order valence-electron chi connectivity index (χ2n) is 5.12. The number of anilines is 4. The van der Waals surface area contributed by atoms with E-state index < -0.39 is 0 Å². The molecule has 2 heterocycles. The van der Waals surface area contributed by atoms with Crippen LogP contribution in [-0.2, 0) is 0 Å². The van der Waals surface area contributed by atoms with Crippen LogP contribution in [0.15, 0.2) is 10.3 Å². The van der Waals surface area contributed by atoms with E-state index in [4.69, 9.17) is 22.9 Å². The van der Waals surface area contributed by atoms with Gasteiger partial charge in [-0.05, 0) is 5.75 Å². The van der Waals surface area contributed by atoms with Crippen molar-refractivity contribution in [1.82, 2.24) is 29.9 Å². The van der Waals surface area contributed by atoms with Crippen LogP contribution in [0.1, 0.15) is 0 Å². The number of nitrogens with two attached hydrogens (primary N) is 4. The van der Waals surface area contributed by atoms with E-state index in [0.29, 0.717) is 15.6 Å². The van der Waals surface area contributed by atoms with Crippen LogP contribution >= 0.6 is 59.7 Å². The van der Waals surface area contributed by atoms with Gasteiger partial charge in [0.15, 0.2) is 10.3 Å². The van der Waals surface area contributed by atoms with E-state index in [9.17, 15) is 0 Å². The topological polar surface area (TPSA) is 181 Å². The second kappa shape index (κ2) is 12.5. The Labute approximate surface area is 185 Å². The molecule has 8 N–H and O–H groups in total. The van der Waals surface area contributed by atoms with E-state index in [0.717, 1.165) is 34.5 Å². The van der Waals surface area contributed by atoms with Crippen molar-refractivity contribution in [3.63, 3.8) is 0 Å². The molecule has 0 saturated carbocycles. The van der Waals surface area contributed by atoms with Gasteiger partial charge in [-0.1, -0.05) is 23.5 Å². The highest BCUT2D eigenvalue weighted by Gasteiger charge is 2.13. The van der Waals surface area contributed by atoms with Crippen molar-refractivity contribution in [3.8, 4) is 0 Å². The van der Waals surface area contributed by atoms with Crippen molar-refractivity contribution in [2.45, 2.75) is 15.6 Å². The average Bonchev–Trinajstić information content (AvgIpc) is 2.61. The highest BCUT2D eigenvalue weighted by atomic mass is 32.2. The molecule has 2 aromatic rings. The number of aromatic nitrogens is 6. The molecule has 1 atom stereocenters. The Morgan fingerprint density at radius 3 is 1.75 bits per heavy atom. The van der Waals surface area contributed by atoms with Gasteiger partial charge in [0.2, 0.25) is 23.8 Å². The fourth-order valence-electron chi connectivity index (χ4n) is 1.84. The highest BCUT2D eigenvalue weighted by Crippen LogP contribution is 2.26. The third kappa shape index (κ3) is 8.98.